The zero-order valence-electron chi connectivity index (χ0n) is 10.0. The number of nitrogens with zero attached hydrogens (tertiary/aromatic N) is 1. The number of carboxylic acids is 1. The number of hydrogen-bond acceptors (Lipinski definition) is 5. The number of aliphatic carboxylic acids is 1. The molecule has 0 bridgehead atoms. The van der Waals surface area contributed by atoms with Crippen LogP contribution in [-0.2, 0) is 9.59 Å². The first-order valence-electron chi connectivity index (χ1n) is 5.66. The summed E-state index contributed by atoms with van der Waals surface area (Å²) in [6.07, 6.45) is -0.674. The summed E-state index contributed by atoms with van der Waals surface area (Å²) in [6, 6.07) is -1.51. The minimum absolute atomic E-state index is 0.0871. The Morgan fingerprint density at radius 2 is 2.06 bits per heavy atom. The minimum atomic E-state index is -1.09. The highest BCUT2D eigenvalue weighted by Crippen LogP contribution is 2.17. The van der Waals surface area contributed by atoms with Crippen LogP contribution in [0.4, 0.5) is 4.79 Å². The molecule has 0 aromatic heterocycles. The van der Waals surface area contributed by atoms with Gasteiger partial charge in [-0.1, -0.05) is 0 Å². The number of aliphatic hydroxyl groups is 1. The zero-order chi connectivity index (χ0) is 13.7. The van der Waals surface area contributed by atoms with Crippen molar-refractivity contribution in [3.05, 3.63) is 0 Å². The van der Waals surface area contributed by atoms with E-state index in [-0.39, 0.29) is 19.5 Å². The summed E-state index contributed by atoms with van der Waals surface area (Å²) in [4.78, 5) is 34.8. The van der Waals surface area contributed by atoms with Crippen LogP contribution in [0.15, 0.2) is 0 Å². The summed E-state index contributed by atoms with van der Waals surface area (Å²) in [6.45, 7) is 1.98. The molecular formula is C10H17N3O5. The van der Waals surface area contributed by atoms with Gasteiger partial charge < -0.3 is 15.5 Å². The van der Waals surface area contributed by atoms with Crippen molar-refractivity contribution in [2.24, 2.45) is 0 Å². The van der Waals surface area contributed by atoms with Crippen LogP contribution in [0.25, 0.3) is 0 Å². The molecule has 102 valence electrons. The molecular weight excluding hydrogens is 242 g/mol. The van der Waals surface area contributed by atoms with Crippen LogP contribution in [0.5, 0.6) is 0 Å². The van der Waals surface area contributed by atoms with E-state index in [9.17, 15) is 19.5 Å². The number of carbonyl (C=O) groups is 3. The molecule has 0 aromatic carbocycles. The second-order valence-electron chi connectivity index (χ2n) is 4.08. The van der Waals surface area contributed by atoms with Crippen LogP contribution in [-0.4, -0.2) is 64.8 Å². The molecule has 1 saturated heterocycles. The summed E-state index contributed by atoms with van der Waals surface area (Å²) >= 11 is 0. The molecule has 1 heterocycles. The predicted octanol–water partition coefficient (Wildman–Crippen LogP) is -1.65. The highest BCUT2D eigenvalue weighted by molar-refractivity contribution is 5.95. The molecule has 2 unspecified atom stereocenters. The smallest absolute Gasteiger partial charge is 0.321 e. The molecule has 18 heavy (non-hydrogen) atoms. The second kappa shape index (κ2) is 6.31. The Hall–Kier alpha value is -1.67. The Bertz CT molecular complexity index is 346. The van der Waals surface area contributed by atoms with Gasteiger partial charge in [0.25, 0.3) is 0 Å². The van der Waals surface area contributed by atoms with Gasteiger partial charge in [-0.2, -0.15) is 0 Å². The Morgan fingerprint density at radius 1 is 1.39 bits per heavy atom. The number of imide groups is 1. The predicted molar refractivity (Wildman–Crippen MR) is 60.8 cm³/mol. The fourth-order valence-electron chi connectivity index (χ4n) is 1.87. The van der Waals surface area contributed by atoms with Crippen LogP contribution >= 0.6 is 0 Å². The third-order valence-electron chi connectivity index (χ3n) is 2.60. The summed E-state index contributed by atoms with van der Waals surface area (Å²) in [5.74, 6) is -1.68. The molecule has 8 heteroatoms. The Kier molecular flexibility index (Phi) is 5.05. The van der Waals surface area contributed by atoms with E-state index < -0.39 is 30.1 Å². The first-order chi connectivity index (χ1) is 8.43. The number of amides is 3. The lowest BCUT2D eigenvalue weighted by molar-refractivity contribution is -0.142. The maximum absolute atomic E-state index is 11.5. The molecule has 4 N–H and O–H groups in total. The van der Waals surface area contributed by atoms with E-state index in [1.807, 2.05) is 0 Å². The summed E-state index contributed by atoms with van der Waals surface area (Å²) in [5, 5.41) is 22.8. The molecule has 1 aliphatic heterocycles. The Balaban J connectivity index is 2.48. The van der Waals surface area contributed by atoms with Crippen molar-refractivity contribution in [3.63, 3.8) is 0 Å². The topological polar surface area (TPSA) is 119 Å². The third-order valence-corrected chi connectivity index (χ3v) is 2.60. The van der Waals surface area contributed by atoms with E-state index in [4.69, 9.17) is 5.11 Å². The average Bonchev–Trinajstić information content (AvgIpc) is 2.59. The Morgan fingerprint density at radius 3 is 2.61 bits per heavy atom. The number of carbonyl (C=O) groups excluding carboxylic acids is 2. The molecule has 0 aliphatic carbocycles. The molecule has 8 nitrogen and oxygen atoms in total. The fourth-order valence-corrected chi connectivity index (χ4v) is 1.87. The van der Waals surface area contributed by atoms with Gasteiger partial charge in [-0.25, -0.2) is 4.79 Å². The van der Waals surface area contributed by atoms with Crippen molar-refractivity contribution >= 4 is 17.9 Å². The number of nitrogens with one attached hydrogen (secondary N) is 2. The highest BCUT2D eigenvalue weighted by atomic mass is 16.4. The molecule has 0 radical (unpaired) electrons. The van der Waals surface area contributed by atoms with Crippen LogP contribution < -0.4 is 10.6 Å². The summed E-state index contributed by atoms with van der Waals surface area (Å²) in [7, 11) is 0. The van der Waals surface area contributed by atoms with E-state index in [1.54, 1.807) is 6.92 Å². The SMILES string of the molecule is CCNC(=O)NC(=O)CN1CC(O)CC1C(=O)O. The second-order valence-corrected chi connectivity index (χ2v) is 4.08. The van der Waals surface area contributed by atoms with E-state index in [1.165, 1.54) is 4.90 Å². The maximum Gasteiger partial charge on any atom is 0.321 e. The number of urea groups is 1. The molecule has 1 fully saturated rings. The highest BCUT2D eigenvalue weighted by Gasteiger charge is 2.36. The standard InChI is InChI=1S/C10H17N3O5/c1-2-11-10(18)12-8(15)5-13-4-6(14)3-7(13)9(16)17/h6-7,14H,2-5H2,1H3,(H,16,17)(H2,11,12,15,18). The van der Waals surface area contributed by atoms with Crippen molar-refractivity contribution in [1.82, 2.24) is 15.5 Å². The van der Waals surface area contributed by atoms with Gasteiger partial charge in [-0.05, 0) is 6.92 Å². The van der Waals surface area contributed by atoms with E-state index in [0.717, 1.165) is 0 Å². The summed E-state index contributed by atoms with van der Waals surface area (Å²) in [5.41, 5.74) is 0. The lowest BCUT2D eigenvalue weighted by Crippen LogP contribution is -2.47. The number of likely N-dealkylation sites (tertiary alicyclic amines) is 1. The van der Waals surface area contributed by atoms with Gasteiger partial charge in [0.2, 0.25) is 5.91 Å². The average molecular weight is 259 g/mol. The monoisotopic (exact) mass is 259 g/mol. The molecule has 1 aliphatic rings. The number of aliphatic hydroxyl groups excluding tert-OH is 1. The summed E-state index contributed by atoms with van der Waals surface area (Å²) < 4.78 is 0. The van der Waals surface area contributed by atoms with Crippen molar-refractivity contribution in [1.29, 1.82) is 0 Å². The Labute approximate surface area is 104 Å². The molecule has 3 amide bonds. The van der Waals surface area contributed by atoms with Crippen LogP contribution in [0.2, 0.25) is 0 Å². The van der Waals surface area contributed by atoms with Crippen LogP contribution in [0.3, 0.4) is 0 Å². The number of β-amino-alcohol motifs (C(OH)–C–C–N with tert-alkyl or cyclic N) is 1. The van der Waals surface area contributed by atoms with Gasteiger partial charge in [-0.3, -0.25) is 19.8 Å². The van der Waals surface area contributed by atoms with Crippen LogP contribution in [0.1, 0.15) is 13.3 Å². The zero-order valence-corrected chi connectivity index (χ0v) is 10.0. The lowest BCUT2D eigenvalue weighted by Gasteiger charge is -2.19. The molecule has 0 saturated carbocycles. The van der Waals surface area contributed by atoms with E-state index in [0.29, 0.717) is 6.54 Å². The number of hydrogen-bond donors (Lipinski definition) is 4. The minimum Gasteiger partial charge on any atom is -0.480 e. The van der Waals surface area contributed by atoms with E-state index >= 15 is 0 Å². The molecule has 2 atom stereocenters. The van der Waals surface area contributed by atoms with Crippen molar-refractivity contribution in [2.75, 3.05) is 19.6 Å². The van der Waals surface area contributed by atoms with Gasteiger partial charge in [0.05, 0.1) is 12.6 Å². The van der Waals surface area contributed by atoms with Gasteiger partial charge in [0.1, 0.15) is 6.04 Å². The number of carboxylic acid groups (broad SMARTS) is 1. The van der Waals surface area contributed by atoms with E-state index in [2.05, 4.69) is 10.6 Å². The quantitative estimate of drug-likeness (QED) is 0.480. The fraction of sp³-hybridized carbons (Fsp3) is 0.700. The first kappa shape index (κ1) is 14.4. The van der Waals surface area contributed by atoms with Crippen molar-refractivity contribution in [3.8, 4) is 0 Å². The molecule has 1 rings (SSSR count). The maximum atomic E-state index is 11.5. The molecule has 0 aromatic rings. The van der Waals surface area contributed by atoms with Gasteiger partial charge >= 0.3 is 12.0 Å². The first-order valence-corrected chi connectivity index (χ1v) is 5.66. The number of rotatable bonds is 4. The molecule has 0 spiro atoms. The van der Waals surface area contributed by atoms with Gasteiger partial charge in [0.15, 0.2) is 0 Å². The third kappa shape index (κ3) is 3.97. The van der Waals surface area contributed by atoms with Crippen molar-refractivity contribution < 1.29 is 24.6 Å². The van der Waals surface area contributed by atoms with Gasteiger partial charge in [-0.15, -0.1) is 0 Å². The largest absolute Gasteiger partial charge is 0.480 e. The van der Waals surface area contributed by atoms with Crippen molar-refractivity contribution in [2.45, 2.75) is 25.5 Å². The lowest BCUT2D eigenvalue weighted by atomic mass is 10.2. The normalized spacial score (nSPS) is 23.7. The van der Waals surface area contributed by atoms with Crippen LogP contribution in [0, 0.1) is 0 Å². The van der Waals surface area contributed by atoms with Gasteiger partial charge in [0, 0.05) is 19.5 Å².